The van der Waals surface area contributed by atoms with Crippen molar-refractivity contribution in [1.82, 2.24) is 4.72 Å². The van der Waals surface area contributed by atoms with Crippen molar-refractivity contribution in [1.29, 1.82) is 0 Å². The lowest BCUT2D eigenvalue weighted by molar-refractivity contribution is -0.133. The first kappa shape index (κ1) is 14.6. The lowest BCUT2D eigenvalue weighted by Gasteiger charge is -2.40. The summed E-state index contributed by atoms with van der Waals surface area (Å²) in [5.74, 6) is 0.0418. The van der Waals surface area contributed by atoms with Crippen LogP contribution in [0.3, 0.4) is 0 Å². The van der Waals surface area contributed by atoms with Gasteiger partial charge in [0, 0.05) is 0 Å². The summed E-state index contributed by atoms with van der Waals surface area (Å²) in [5.41, 5.74) is 0.560. The molecule has 0 aliphatic heterocycles. The monoisotopic (exact) mass is 307 g/mol. The lowest BCUT2D eigenvalue weighted by Crippen LogP contribution is -2.49. The number of benzene rings is 1. The maximum atomic E-state index is 12.5. The van der Waals surface area contributed by atoms with E-state index in [-0.39, 0.29) is 17.6 Å². The first-order chi connectivity index (χ1) is 9.99. The minimum absolute atomic E-state index is 0.0974. The zero-order valence-electron chi connectivity index (χ0n) is 12.0. The van der Waals surface area contributed by atoms with E-state index in [9.17, 15) is 13.2 Å². The second kappa shape index (κ2) is 5.44. The number of hydrogen-bond acceptors (Lipinski definition) is 3. The highest BCUT2D eigenvalue weighted by Crippen LogP contribution is 2.44. The fraction of sp³-hybridized carbons (Fsp3) is 0.562. The molecule has 0 spiro atoms. The van der Waals surface area contributed by atoms with Gasteiger partial charge >= 0.3 is 0 Å². The predicted molar refractivity (Wildman–Crippen MR) is 81.1 cm³/mol. The third-order valence-electron chi connectivity index (χ3n) is 4.58. The number of carbonyl (C=O) groups excluding carboxylic acids is 1. The molecule has 0 aromatic heterocycles. The van der Waals surface area contributed by atoms with Gasteiger partial charge in [0.15, 0.2) is 0 Å². The van der Waals surface area contributed by atoms with Gasteiger partial charge in [0.2, 0.25) is 15.9 Å². The molecule has 1 aromatic carbocycles. The van der Waals surface area contributed by atoms with Gasteiger partial charge in [0.05, 0.1) is 11.2 Å². The van der Waals surface area contributed by atoms with Crippen LogP contribution in [0.1, 0.15) is 37.7 Å². The largest absolute Gasteiger partial charge is 0.273 e. The van der Waals surface area contributed by atoms with Gasteiger partial charge in [-0.25, -0.2) is 8.42 Å². The Hall–Kier alpha value is -1.36. The summed E-state index contributed by atoms with van der Waals surface area (Å²) in [7, 11) is -3.47. The summed E-state index contributed by atoms with van der Waals surface area (Å²) >= 11 is 0. The van der Waals surface area contributed by atoms with E-state index < -0.39 is 15.4 Å². The van der Waals surface area contributed by atoms with Gasteiger partial charge in [-0.15, -0.1) is 0 Å². The van der Waals surface area contributed by atoms with Crippen LogP contribution in [0.5, 0.6) is 0 Å². The molecule has 2 saturated carbocycles. The van der Waals surface area contributed by atoms with E-state index in [2.05, 4.69) is 4.72 Å². The summed E-state index contributed by atoms with van der Waals surface area (Å²) in [6.45, 7) is 0. The van der Waals surface area contributed by atoms with Crippen molar-refractivity contribution >= 4 is 15.9 Å². The molecule has 2 aliphatic carbocycles. The molecule has 1 aromatic rings. The van der Waals surface area contributed by atoms with E-state index in [0.717, 1.165) is 37.7 Å². The van der Waals surface area contributed by atoms with Gasteiger partial charge in [0.25, 0.3) is 0 Å². The smallest absolute Gasteiger partial charge is 0.239 e. The normalized spacial score (nSPS) is 20.6. The Labute approximate surface area is 126 Å². The fourth-order valence-corrected chi connectivity index (χ4v) is 4.50. The van der Waals surface area contributed by atoms with Crippen molar-refractivity contribution < 1.29 is 13.2 Å². The zero-order chi connectivity index (χ0) is 14.9. The van der Waals surface area contributed by atoms with Crippen LogP contribution in [0.15, 0.2) is 30.3 Å². The van der Waals surface area contributed by atoms with Crippen molar-refractivity contribution in [2.75, 3.05) is 5.75 Å². The second-order valence-corrected chi connectivity index (χ2v) is 8.22. The second-order valence-electron chi connectivity index (χ2n) is 6.45. The summed E-state index contributed by atoms with van der Waals surface area (Å²) in [6, 6.07) is 9.82. The highest BCUT2D eigenvalue weighted by molar-refractivity contribution is 7.90. The number of carbonyl (C=O) groups is 1. The zero-order valence-corrected chi connectivity index (χ0v) is 12.9. The van der Waals surface area contributed by atoms with Crippen LogP contribution >= 0.6 is 0 Å². The molecule has 1 N–H and O–H groups in total. The van der Waals surface area contributed by atoms with Crippen LogP contribution in [0.25, 0.3) is 0 Å². The average molecular weight is 307 g/mol. The van der Waals surface area contributed by atoms with Crippen molar-refractivity contribution in [3.05, 3.63) is 35.9 Å². The summed E-state index contributed by atoms with van der Waals surface area (Å²) in [6.07, 6.45) is 5.08. The van der Waals surface area contributed by atoms with Gasteiger partial charge in [0.1, 0.15) is 0 Å². The van der Waals surface area contributed by atoms with E-state index in [1.165, 1.54) is 0 Å². The van der Waals surface area contributed by atoms with Crippen LogP contribution in [0.2, 0.25) is 0 Å². The molecule has 3 rings (SSSR count). The van der Waals surface area contributed by atoms with Crippen molar-refractivity contribution in [3.8, 4) is 0 Å². The molecular weight excluding hydrogens is 286 g/mol. The molecule has 1 amide bonds. The molecule has 5 heteroatoms. The topological polar surface area (TPSA) is 63.2 Å². The molecule has 0 saturated heterocycles. The first-order valence-corrected chi connectivity index (χ1v) is 9.23. The predicted octanol–water partition coefficient (Wildman–Crippen LogP) is 2.26. The molecule has 4 nitrogen and oxygen atoms in total. The van der Waals surface area contributed by atoms with E-state index in [0.29, 0.717) is 6.42 Å². The van der Waals surface area contributed by atoms with Gasteiger partial charge < -0.3 is 0 Å². The van der Waals surface area contributed by atoms with Crippen LogP contribution in [-0.2, 0) is 21.2 Å². The van der Waals surface area contributed by atoms with E-state index >= 15 is 0 Å². The van der Waals surface area contributed by atoms with Gasteiger partial charge in [-0.3, -0.25) is 9.52 Å². The molecule has 0 bridgehead atoms. The molecule has 2 aliphatic rings. The van der Waals surface area contributed by atoms with Crippen molar-refractivity contribution in [2.24, 2.45) is 11.3 Å². The maximum Gasteiger partial charge on any atom is 0.239 e. The average Bonchev–Trinajstić information content (AvgIpc) is 3.17. The Bertz CT molecular complexity index is 616. The van der Waals surface area contributed by atoms with Crippen molar-refractivity contribution in [2.45, 2.75) is 38.5 Å². The third-order valence-corrected chi connectivity index (χ3v) is 5.98. The SMILES string of the molecule is O=C(NS(=O)(=O)CC1CC1)C1(Cc2ccccc2)CCC1. The Morgan fingerprint density at radius 1 is 1.19 bits per heavy atom. The van der Waals surface area contributed by atoms with E-state index in [1.807, 2.05) is 30.3 Å². The number of sulfonamides is 1. The maximum absolute atomic E-state index is 12.5. The summed E-state index contributed by atoms with van der Waals surface area (Å²) < 4.78 is 26.3. The van der Waals surface area contributed by atoms with Crippen LogP contribution in [-0.4, -0.2) is 20.1 Å². The number of hydrogen-bond donors (Lipinski definition) is 1. The number of amides is 1. The fourth-order valence-electron chi connectivity index (χ4n) is 2.96. The molecule has 114 valence electrons. The highest BCUT2D eigenvalue weighted by atomic mass is 32.2. The Morgan fingerprint density at radius 3 is 2.38 bits per heavy atom. The Kier molecular flexibility index (Phi) is 3.78. The molecule has 0 atom stereocenters. The standard InChI is InChI=1S/C16H21NO3S/c18-15(17-21(19,20)12-14-7-8-14)16(9-4-10-16)11-13-5-2-1-3-6-13/h1-3,5-6,14H,4,7-12H2,(H,17,18). The Balaban J connectivity index is 1.68. The van der Waals surface area contributed by atoms with Gasteiger partial charge in [-0.1, -0.05) is 36.8 Å². The minimum atomic E-state index is -3.47. The molecule has 21 heavy (non-hydrogen) atoms. The van der Waals surface area contributed by atoms with E-state index in [1.54, 1.807) is 0 Å². The van der Waals surface area contributed by atoms with Gasteiger partial charge in [-0.05, 0) is 43.6 Å². The van der Waals surface area contributed by atoms with Crippen LogP contribution in [0, 0.1) is 11.3 Å². The molecule has 0 radical (unpaired) electrons. The minimum Gasteiger partial charge on any atom is -0.273 e. The quantitative estimate of drug-likeness (QED) is 0.877. The third kappa shape index (κ3) is 3.46. The number of rotatable bonds is 6. The molecular formula is C16H21NO3S. The summed E-state index contributed by atoms with van der Waals surface area (Å²) in [5, 5.41) is 0. The molecule has 0 unspecified atom stereocenters. The van der Waals surface area contributed by atoms with Crippen molar-refractivity contribution in [3.63, 3.8) is 0 Å². The van der Waals surface area contributed by atoms with Crippen LogP contribution in [0.4, 0.5) is 0 Å². The van der Waals surface area contributed by atoms with Gasteiger partial charge in [-0.2, -0.15) is 0 Å². The lowest BCUT2D eigenvalue weighted by atomic mass is 9.65. The van der Waals surface area contributed by atoms with Crippen LogP contribution < -0.4 is 4.72 Å². The molecule has 2 fully saturated rings. The first-order valence-electron chi connectivity index (χ1n) is 7.58. The molecule has 0 heterocycles. The highest BCUT2D eigenvalue weighted by Gasteiger charge is 2.45. The van der Waals surface area contributed by atoms with E-state index in [4.69, 9.17) is 0 Å². The number of nitrogens with one attached hydrogen (secondary N) is 1. The summed E-state index contributed by atoms with van der Waals surface area (Å²) in [4.78, 5) is 12.5. The Morgan fingerprint density at radius 2 is 1.86 bits per heavy atom.